The van der Waals surface area contributed by atoms with Gasteiger partial charge in [-0.1, -0.05) is 42.5 Å². The molecule has 0 amide bonds. The number of aromatic amines is 1. The second-order valence-electron chi connectivity index (χ2n) is 5.98. The second kappa shape index (κ2) is 6.47. The molecule has 0 radical (unpaired) electrons. The minimum atomic E-state index is 0. The maximum Gasteiger partial charge on any atom is 2.00 e. The van der Waals surface area contributed by atoms with Crippen molar-refractivity contribution in [1.82, 2.24) is 19.9 Å². The fourth-order valence-electron chi connectivity index (χ4n) is 2.95. The molecule has 0 aromatic carbocycles. The summed E-state index contributed by atoms with van der Waals surface area (Å²) in [5.74, 6) is 0. The summed E-state index contributed by atoms with van der Waals surface area (Å²) in [6.45, 7) is 0. The molecule has 1 aliphatic heterocycles. The van der Waals surface area contributed by atoms with E-state index in [1.807, 2.05) is 66.7 Å². The van der Waals surface area contributed by atoms with Crippen molar-refractivity contribution in [2.24, 2.45) is 0 Å². The SMILES string of the molecule is N=c1c2nc(cc3ccc(cc4ccc(cc5ccc1[n-]5)[nH]4)[n-]3)C=C2.[Mg+2]. The monoisotopic (exact) mass is 347 g/mol. The van der Waals surface area contributed by atoms with E-state index in [-0.39, 0.29) is 23.1 Å². The van der Waals surface area contributed by atoms with Crippen molar-refractivity contribution < 1.29 is 0 Å². The Morgan fingerprint density at radius 2 is 1.42 bits per heavy atom. The minimum absolute atomic E-state index is 0. The number of fused-ring (bicyclic) bond motifs is 8. The minimum Gasteiger partial charge on any atom is -0.658 e. The van der Waals surface area contributed by atoms with Crippen molar-refractivity contribution >= 4 is 68.3 Å². The maximum atomic E-state index is 8.36. The number of aromatic nitrogens is 4. The molecule has 0 atom stereocenters. The van der Waals surface area contributed by atoms with Gasteiger partial charge in [-0.25, -0.2) is 4.98 Å². The van der Waals surface area contributed by atoms with Crippen LogP contribution in [0.25, 0.3) is 45.3 Å². The van der Waals surface area contributed by atoms with Gasteiger partial charge in [-0.2, -0.15) is 0 Å². The van der Waals surface area contributed by atoms with E-state index in [2.05, 4.69) is 19.9 Å². The molecule has 2 N–H and O–H groups in total. The molecule has 1 aliphatic rings. The molecule has 0 spiro atoms. The summed E-state index contributed by atoms with van der Waals surface area (Å²) in [5, 5.41) is 8.68. The summed E-state index contributed by atoms with van der Waals surface area (Å²) in [7, 11) is 0. The summed E-state index contributed by atoms with van der Waals surface area (Å²) in [4.78, 5) is 17.0. The Bertz CT molecular complexity index is 1320. The van der Waals surface area contributed by atoms with Crippen LogP contribution >= 0.6 is 0 Å². The molecular formula is C20H13MgN5. The van der Waals surface area contributed by atoms with Gasteiger partial charge in [0.05, 0.1) is 16.7 Å². The Balaban J connectivity index is 0.00000168. The first-order chi connectivity index (χ1) is 12.2. The fraction of sp³-hybridized carbons (Fsp3) is 0. The van der Waals surface area contributed by atoms with Gasteiger partial charge in [0.25, 0.3) is 0 Å². The zero-order valence-electron chi connectivity index (χ0n) is 13.9. The largest absolute Gasteiger partial charge is 2.00 e. The molecule has 5 nitrogen and oxygen atoms in total. The maximum absolute atomic E-state index is 8.36. The molecule has 5 rings (SSSR count). The summed E-state index contributed by atoms with van der Waals surface area (Å²) in [6, 6.07) is 17.6. The van der Waals surface area contributed by atoms with E-state index < -0.39 is 0 Å². The van der Waals surface area contributed by atoms with E-state index in [0.29, 0.717) is 16.6 Å². The van der Waals surface area contributed by atoms with Crippen molar-refractivity contribution in [3.63, 3.8) is 0 Å². The number of hydrogen-bond acceptors (Lipinski definition) is 2. The number of nitrogens with one attached hydrogen (secondary N) is 2. The van der Waals surface area contributed by atoms with Gasteiger partial charge in [0.15, 0.2) is 0 Å². The van der Waals surface area contributed by atoms with Gasteiger partial charge in [0.2, 0.25) is 0 Å². The van der Waals surface area contributed by atoms with E-state index in [4.69, 9.17) is 5.41 Å². The molecule has 4 aromatic heterocycles. The number of hydrogen-bond donors (Lipinski definition) is 2. The van der Waals surface area contributed by atoms with Crippen LogP contribution < -0.4 is 15.3 Å². The van der Waals surface area contributed by atoms with Gasteiger partial charge < -0.3 is 15.0 Å². The quantitative estimate of drug-likeness (QED) is 0.422. The molecule has 0 aliphatic carbocycles. The number of H-pyrrole nitrogens is 1. The first-order valence-electron chi connectivity index (χ1n) is 7.97. The average Bonchev–Trinajstić information content (AvgIpc) is 3.36. The Hall–Kier alpha value is -2.83. The second-order valence-corrected chi connectivity index (χ2v) is 5.98. The normalized spacial score (nSPS) is 11.5. The Kier molecular flexibility index (Phi) is 4.14. The zero-order valence-corrected chi connectivity index (χ0v) is 15.3. The third kappa shape index (κ3) is 3.05. The molecule has 0 saturated carbocycles. The van der Waals surface area contributed by atoms with E-state index in [9.17, 15) is 0 Å². The van der Waals surface area contributed by atoms with Crippen molar-refractivity contribution in [2.75, 3.05) is 0 Å². The summed E-state index contributed by atoms with van der Waals surface area (Å²) >= 11 is 0. The van der Waals surface area contributed by atoms with Gasteiger partial charge in [-0.15, -0.1) is 22.1 Å². The third-order valence-electron chi connectivity index (χ3n) is 4.15. The Morgan fingerprint density at radius 1 is 0.769 bits per heavy atom. The van der Waals surface area contributed by atoms with E-state index >= 15 is 0 Å². The standard InChI is InChI=1S/C20H13N5.Mg/c21-20-18-7-5-16(24-18)10-14-3-1-12(22-14)9-13-2-4-15(23-13)11-17-6-8-19(20)25-17;/h1-11,21-22H;/q-2;+2. The first-order valence-corrected chi connectivity index (χ1v) is 7.97. The molecule has 0 fully saturated rings. The van der Waals surface area contributed by atoms with Crippen LogP contribution in [0.4, 0.5) is 0 Å². The van der Waals surface area contributed by atoms with Crippen LogP contribution in [0.5, 0.6) is 0 Å². The summed E-state index contributed by atoms with van der Waals surface area (Å²) in [5.41, 5.74) is 6.52. The van der Waals surface area contributed by atoms with Gasteiger partial charge in [-0.05, 0) is 24.3 Å². The van der Waals surface area contributed by atoms with Crippen molar-refractivity contribution in [3.05, 3.63) is 71.3 Å². The van der Waals surface area contributed by atoms with Crippen LogP contribution in [0.3, 0.4) is 0 Å². The van der Waals surface area contributed by atoms with Gasteiger partial charge >= 0.3 is 23.1 Å². The van der Waals surface area contributed by atoms with Crippen LogP contribution in [-0.2, 0) is 0 Å². The third-order valence-corrected chi connectivity index (χ3v) is 4.15. The molecule has 8 bridgehead atoms. The summed E-state index contributed by atoms with van der Waals surface area (Å²) in [6.07, 6.45) is 3.74. The zero-order chi connectivity index (χ0) is 16.8. The molecule has 26 heavy (non-hydrogen) atoms. The van der Waals surface area contributed by atoms with Gasteiger partial charge in [0.1, 0.15) is 0 Å². The molecule has 120 valence electrons. The number of rotatable bonds is 0. The van der Waals surface area contributed by atoms with E-state index in [0.717, 1.165) is 33.3 Å². The molecule has 0 saturated heterocycles. The van der Waals surface area contributed by atoms with E-state index in [1.165, 1.54) is 0 Å². The molecule has 4 aromatic rings. The van der Waals surface area contributed by atoms with Crippen LogP contribution in [0.1, 0.15) is 11.4 Å². The van der Waals surface area contributed by atoms with Crippen LogP contribution in [-0.4, -0.2) is 33.0 Å². The summed E-state index contributed by atoms with van der Waals surface area (Å²) < 4.78 is 0. The Labute approximate surface area is 164 Å². The predicted octanol–water partition coefficient (Wildman–Crippen LogP) is 3.05. The first kappa shape index (κ1) is 16.6. The van der Waals surface area contributed by atoms with Gasteiger partial charge in [-0.3, -0.25) is 5.41 Å². The van der Waals surface area contributed by atoms with Crippen molar-refractivity contribution in [3.8, 4) is 0 Å². The van der Waals surface area contributed by atoms with Crippen LogP contribution in [0.2, 0.25) is 0 Å². The smallest absolute Gasteiger partial charge is 0.658 e. The average molecular weight is 348 g/mol. The molecule has 0 unspecified atom stereocenters. The predicted molar refractivity (Wildman–Crippen MR) is 105 cm³/mol. The molecule has 5 heterocycles. The van der Waals surface area contributed by atoms with Crippen LogP contribution in [0.15, 0.2) is 54.6 Å². The van der Waals surface area contributed by atoms with Gasteiger partial charge in [0, 0.05) is 11.0 Å². The van der Waals surface area contributed by atoms with Crippen LogP contribution in [0, 0.1) is 5.41 Å². The number of nitrogens with zero attached hydrogens (tertiary/aromatic N) is 3. The van der Waals surface area contributed by atoms with Crippen molar-refractivity contribution in [2.45, 2.75) is 0 Å². The van der Waals surface area contributed by atoms with E-state index in [1.54, 1.807) is 0 Å². The Morgan fingerprint density at radius 3 is 2.19 bits per heavy atom. The molecule has 6 heteroatoms. The topological polar surface area (TPSA) is 80.7 Å². The molecular weight excluding hydrogens is 335 g/mol. The van der Waals surface area contributed by atoms with Crippen molar-refractivity contribution in [1.29, 1.82) is 5.41 Å². The fourth-order valence-corrected chi connectivity index (χ4v) is 2.95.